The van der Waals surface area contributed by atoms with Crippen LogP contribution in [0.15, 0.2) is 60.7 Å². The van der Waals surface area contributed by atoms with Gasteiger partial charge in [0.2, 0.25) is 0 Å². The number of ether oxygens (including phenoxy) is 3. The first kappa shape index (κ1) is 17.8. The van der Waals surface area contributed by atoms with E-state index < -0.39 is 0 Å². The maximum Gasteiger partial charge on any atom is 0.128 e. The minimum atomic E-state index is -0.165. The molecule has 0 saturated heterocycles. The number of pyridine rings is 1. The molecule has 0 amide bonds. The molecule has 0 saturated carbocycles. The third-order valence-electron chi connectivity index (χ3n) is 3.96. The van der Waals surface area contributed by atoms with Gasteiger partial charge in [0.25, 0.3) is 0 Å². The van der Waals surface area contributed by atoms with E-state index in [9.17, 15) is 5.11 Å². The predicted molar refractivity (Wildman–Crippen MR) is 99.5 cm³/mol. The number of benzene rings is 2. The summed E-state index contributed by atoms with van der Waals surface area (Å²) >= 11 is 0. The van der Waals surface area contributed by atoms with E-state index in [0.717, 1.165) is 22.6 Å². The lowest BCUT2D eigenvalue weighted by Gasteiger charge is -2.12. The maximum absolute atomic E-state index is 9.54. The van der Waals surface area contributed by atoms with Crippen LogP contribution in [0.25, 0.3) is 11.3 Å². The number of nitrogens with zero attached hydrogens (tertiary/aromatic N) is 1. The molecule has 0 aliphatic carbocycles. The van der Waals surface area contributed by atoms with Crippen molar-refractivity contribution in [2.45, 2.75) is 13.2 Å². The Labute approximate surface area is 152 Å². The van der Waals surface area contributed by atoms with Gasteiger partial charge in [-0.25, -0.2) is 4.98 Å². The van der Waals surface area contributed by atoms with E-state index in [-0.39, 0.29) is 6.61 Å². The highest BCUT2D eigenvalue weighted by Crippen LogP contribution is 2.31. The average Bonchev–Trinajstić information content (AvgIpc) is 2.72. The first-order valence-electron chi connectivity index (χ1n) is 8.24. The summed E-state index contributed by atoms with van der Waals surface area (Å²) in [5, 5.41) is 9.54. The number of para-hydroxylation sites is 1. The summed E-state index contributed by atoms with van der Waals surface area (Å²) in [5.74, 6) is 2.16. The molecule has 26 heavy (non-hydrogen) atoms. The second kappa shape index (κ2) is 8.36. The van der Waals surface area contributed by atoms with Crippen LogP contribution >= 0.6 is 0 Å². The third-order valence-corrected chi connectivity index (χ3v) is 3.96. The molecular weight excluding hydrogens is 330 g/mol. The number of hydrogen-bond acceptors (Lipinski definition) is 5. The molecule has 1 N–H and O–H groups in total. The van der Waals surface area contributed by atoms with Crippen molar-refractivity contribution in [3.8, 4) is 28.5 Å². The zero-order chi connectivity index (χ0) is 18.4. The molecule has 0 unspecified atom stereocenters. The monoisotopic (exact) mass is 351 g/mol. The summed E-state index contributed by atoms with van der Waals surface area (Å²) in [6, 6.07) is 18.9. The number of aliphatic hydroxyl groups excluding tert-OH is 1. The van der Waals surface area contributed by atoms with Gasteiger partial charge in [-0.15, -0.1) is 0 Å². The van der Waals surface area contributed by atoms with E-state index in [1.54, 1.807) is 20.3 Å². The van der Waals surface area contributed by atoms with Crippen molar-refractivity contribution in [3.63, 3.8) is 0 Å². The minimum absolute atomic E-state index is 0.165. The first-order valence-corrected chi connectivity index (χ1v) is 8.24. The van der Waals surface area contributed by atoms with Gasteiger partial charge in [0.1, 0.15) is 23.9 Å². The van der Waals surface area contributed by atoms with Gasteiger partial charge < -0.3 is 19.3 Å². The molecule has 3 aromatic rings. The highest BCUT2D eigenvalue weighted by molar-refractivity contribution is 5.68. The Morgan fingerprint density at radius 3 is 2.35 bits per heavy atom. The Balaban J connectivity index is 1.85. The lowest BCUT2D eigenvalue weighted by molar-refractivity contribution is 0.273. The SMILES string of the molecule is COc1ccc(COc2cc(CO)nc(-c3ccccc3OC)c2)cc1. The highest BCUT2D eigenvalue weighted by Gasteiger charge is 2.10. The van der Waals surface area contributed by atoms with E-state index in [2.05, 4.69) is 4.98 Å². The molecule has 5 nitrogen and oxygen atoms in total. The summed E-state index contributed by atoms with van der Waals surface area (Å²) in [6.45, 7) is 0.242. The van der Waals surface area contributed by atoms with Gasteiger partial charge in [0.05, 0.1) is 32.2 Å². The van der Waals surface area contributed by atoms with Crippen LogP contribution in [0.2, 0.25) is 0 Å². The van der Waals surface area contributed by atoms with E-state index in [4.69, 9.17) is 14.2 Å². The lowest BCUT2D eigenvalue weighted by Crippen LogP contribution is -2.00. The molecule has 0 bridgehead atoms. The Bertz CT molecular complexity index is 862. The summed E-state index contributed by atoms with van der Waals surface area (Å²) in [5.41, 5.74) is 3.10. The van der Waals surface area contributed by atoms with Gasteiger partial charge in [-0.2, -0.15) is 0 Å². The Kier molecular flexibility index (Phi) is 5.71. The fourth-order valence-electron chi connectivity index (χ4n) is 2.61. The molecular formula is C21H21NO4. The summed E-state index contributed by atoms with van der Waals surface area (Å²) in [7, 11) is 3.26. The molecule has 0 aliphatic rings. The van der Waals surface area contributed by atoms with Crippen molar-refractivity contribution >= 4 is 0 Å². The van der Waals surface area contributed by atoms with Crippen LogP contribution < -0.4 is 14.2 Å². The van der Waals surface area contributed by atoms with Crippen LogP contribution in [0.4, 0.5) is 0 Å². The van der Waals surface area contributed by atoms with Gasteiger partial charge in [-0.1, -0.05) is 24.3 Å². The molecule has 134 valence electrons. The normalized spacial score (nSPS) is 10.4. The third kappa shape index (κ3) is 4.13. The van der Waals surface area contributed by atoms with Gasteiger partial charge >= 0.3 is 0 Å². The van der Waals surface area contributed by atoms with E-state index >= 15 is 0 Å². The molecule has 5 heteroatoms. The van der Waals surface area contributed by atoms with Gasteiger partial charge in [-0.05, 0) is 29.8 Å². The lowest BCUT2D eigenvalue weighted by atomic mass is 10.1. The van der Waals surface area contributed by atoms with Crippen LogP contribution in [0, 0.1) is 0 Å². The van der Waals surface area contributed by atoms with Crippen molar-refractivity contribution < 1.29 is 19.3 Å². The fourth-order valence-corrected chi connectivity index (χ4v) is 2.61. The Morgan fingerprint density at radius 1 is 0.885 bits per heavy atom. The van der Waals surface area contributed by atoms with Crippen LogP contribution in [-0.4, -0.2) is 24.3 Å². The van der Waals surface area contributed by atoms with Crippen molar-refractivity contribution in [1.82, 2.24) is 4.98 Å². The standard InChI is InChI=1S/C21H21NO4/c1-24-17-9-7-15(8-10-17)14-26-18-11-16(13-23)22-20(12-18)19-5-3-4-6-21(19)25-2/h3-12,23H,13-14H2,1-2H3. The van der Waals surface area contributed by atoms with Crippen LogP contribution in [0.5, 0.6) is 17.2 Å². The number of aliphatic hydroxyl groups is 1. The van der Waals surface area contributed by atoms with E-state index in [1.165, 1.54) is 0 Å². The zero-order valence-corrected chi connectivity index (χ0v) is 14.8. The second-order valence-electron chi connectivity index (χ2n) is 5.67. The zero-order valence-electron chi connectivity index (χ0n) is 14.8. The molecule has 3 rings (SSSR count). The van der Waals surface area contributed by atoms with Crippen molar-refractivity contribution in [2.24, 2.45) is 0 Å². The topological polar surface area (TPSA) is 60.8 Å². The van der Waals surface area contributed by atoms with Gasteiger partial charge in [0.15, 0.2) is 0 Å². The highest BCUT2D eigenvalue weighted by atomic mass is 16.5. The molecule has 1 heterocycles. The molecule has 0 atom stereocenters. The summed E-state index contributed by atoms with van der Waals surface area (Å²) < 4.78 is 16.5. The Hall–Kier alpha value is -3.05. The van der Waals surface area contributed by atoms with Gasteiger partial charge in [-0.3, -0.25) is 0 Å². The number of rotatable bonds is 7. The van der Waals surface area contributed by atoms with Crippen molar-refractivity contribution in [2.75, 3.05) is 14.2 Å². The second-order valence-corrected chi connectivity index (χ2v) is 5.67. The number of methoxy groups -OCH3 is 2. The van der Waals surface area contributed by atoms with E-state index in [1.807, 2.05) is 54.6 Å². The molecule has 0 aliphatic heterocycles. The minimum Gasteiger partial charge on any atom is -0.497 e. The maximum atomic E-state index is 9.54. The first-order chi connectivity index (χ1) is 12.7. The van der Waals surface area contributed by atoms with Gasteiger partial charge in [0, 0.05) is 17.7 Å². The summed E-state index contributed by atoms with van der Waals surface area (Å²) in [6.07, 6.45) is 0. The smallest absolute Gasteiger partial charge is 0.128 e. The van der Waals surface area contributed by atoms with Crippen molar-refractivity contribution in [1.29, 1.82) is 0 Å². The molecule has 0 fully saturated rings. The van der Waals surface area contributed by atoms with Crippen molar-refractivity contribution in [3.05, 3.63) is 71.9 Å². The largest absolute Gasteiger partial charge is 0.497 e. The fraction of sp³-hybridized carbons (Fsp3) is 0.190. The molecule has 1 aromatic heterocycles. The number of hydrogen-bond donors (Lipinski definition) is 1. The van der Waals surface area contributed by atoms with Crippen LogP contribution in [-0.2, 0) is 13.2 Å². The Morgan fingerprint density at radius 2 is 1.65 bits per heavy atom. The average molecular weight is 351 g/mol. The molecule has 0 radical (unpaired) electrons. The quantitative estimate of drug-likeness (QED) is 0.701. The predicted octanol–water partition coefficient (Wildman–Crippen LogP) is 3.84. The number of aromatic nitrogens is 1. The van der Waals surface area contributed by atoms with Crippen LogP contribution in [0.3, 0.4) is 0 Å². The van der Waals surface area contributed by atoms with E-state index in [0.29, 0.717) is 23.7 Å². The van der Waals surface area contributed by atoms with Crippen LogP contribution in [0.1, 0.15) is 11.3 Å². The molecule has 0 spiro atoms. The summed E-state index contributed by atoms with van der Waals surface area (Å²) in [4.78, 5) is 4.48. The molecule has 2 aromatic carbocycles.